The Kier molecular flexibility index (Phi) is 2.39. The zero-order valence-corrected chi connectivity index (χ0v) is 5.77. The van der Waals surface area contributed by atoms with Gasteiger partial charge in [-0.25, -0.2) is 0 Å². The van der Waals surface area contributed by atoms with Crippen LogP contribution in [0.15, 0.2) is 0 Å². The van der Waals surface area contributed by atoms with Crippen LogP contribution in [0.2, 0.25) is 0 Å². The molecule has 0 amide bonds. The molecule has 1 aliphatic rings. The second-order valence-electron chi connectivity index (χ2n) is 2.61. The highest BCUT2D eigenvalue weighted by Gasteiger charge is 2.44. The first-order chi connectivity index (χ1) is 5.02. The summed E-state index contributed by atoms with van der Waals surface area (Å²) in [6.07, 6.45) is -6.43. The van der Waals surface area contributed by atoms with Crippen LogP contribution in [0.25, 0.3) is 0 Å². The van der Waals surface area contributed by atoms with Gasteiger partial charge >= 0.3 is 6.18 Å². The smallest absolute Gasteiger partial charge is 0.383 e. The first kappa shape index (κ1) is 8.80. The minimum Gasteiger partial charge on any atom is -0.383 e. The predicted molar refractivity (Wildman–Crippen MR) is 31.0 cm³/mol. The zero-order valence-electron chi connectivity index (χ0n) is 5.77. The molecule has 0 radical (unpaired) electrons. The highest BCUT2D eigenvalue weighted by Crippen LogP contribution is 2.29. The molecule has 1 rings (SSSR count). The second-order valence-corrected chi connectivity index (χ2v) is 2.61. The van der Waals surface area contributed by atoms with E-state index in [2.05, 4.69) is 0 Å². The molecule has 0 unspecified atom stereocenters. The van der Waals surface area contributed by atoms with Gasteiger partial charge in [0, 0.05) is 12.5 Å². The van der Waals surface area contributed by atoms with Crippen LogP contribution < -0.4 is 0 Å². The number of hydrogen-bond acceptors (Lipinski definition) is 2. The molecule has 5 heteroatoms. The van der Waals surface area contributed by atoms with Crippen molar-refractivity contribution in [1.82, 2.24) is 0 Å². The lowest BCUT2D eigenvalue weighted by atomic mass is 10.0. The Morgan fingerprint density at radius 3 is 2.45 bits per heavy atom. The van der Waals surface area contributed by atoms with Gasteiger partial charge in [0.25, 0.3) is 0 Å². The number of aliphatic hydroxyl groups is 1. The third kappa shape index (κ3) is 2.07. The summed E-state index contributed by atoms with van der Waals surface area (Å²) >= 11 is 0. The number of rotatable bonds is 1. The third-order valence-corrected chi connectivity index (χ3v) is 1.75. The van der Waals surface area contributed by atoms with Gasteiger partial charge in [-0.2, -0.15) is 13.2 Å². The van der Waals surface area contributed by atoms with E-state index in [-0.39, 0.29) is 6.61 Å². The largest absolute Gasteiger partial charge is 0.414 e. The lowest BCUT2D eigenvalue weighted by Crippen LogP contribution is -2.36. The van der Waals surface area contributed by atoms with Crippen LogP contribution in [-0.4, -0.2) is 30.6 Å². The van der Waals surface area contributed by atoms with E-state index in [1.807, 2.05) is 0 Å². The molecular weight excluding hydrogens is 161 g/mol. The van der Waals surface area contributed by atoms with Crippen molar-refractivity contribution in [3.63, 3.8) is 0 Å². The summed E-state index contributed by atoms with van der Waals surface area (Å²) in [5.74, 6) is -0.769. The quantitative estimate of drug-likeness (QED) is 0.634. The Morgan fingerprint density at radius 1 is 1.45 bits per heavy atom. The lowest BCUT2D eigenvalue weighted by molar-refractivity contribution is -0.218. The van der Waals surface area contributed by atoms with Gasteiger partial charge in [0.1, 0.15) is 0 Å². The molecule has 1 saturated heterocycles. The number of aliphatic hydroxyl groups excluding tert-OH is 1. The van der Waals surface area contributed by atoms with E-state index in [9.17, 15) is 13.2 Å². The molecule has 0 aromatic heterocycles. The van der Waals surface area contributed by atoms with Gasteiger partial charge in [-0.15, -0.1) is 0 Å². The Bertz CT molecular complexity index is 128. The van der Waals surface area contributed by atoms with Crippen molar-refractivity contribution < 1.29 is 23.0 Å². The van der Waals surface area contributed by atoms with Gasteiger partial charge in [-0.1, -0.05) is 0 Å². The van der Waals surface area contributed by atoms with E-state index >= 15 is 0 Å². The van der Waals surface area contributed by atoms with Crippen molar-refractivity contribution >= 4 is 0 Å². The van der Waals surface area contributed by atoms with Crippen molar-refractivity contribution in [3.05, 3.63) is 0 Å². The van der Waals surface area contributed by atoms with E-state index in [0.29, 0.717) is 13.0 Å². The first-order valence-corrected chi connectivity index (χ1v) is 3.34. The van der Waals surface area contributed by atoms with Crippen molar-refractivity contribution in [1.29, 1.82) is 0 Å². The minimum atomic E-state index is -4.50. The van der Waals surface area contributed by atoms with Crippen molar-refractivity contribution in [3.8, 4) is 0 Å². The van der Waals surface area contributed by atoms with Gasteiger partial charge < -0.3 is 9.84 Å². The maximum atomic E-state index is 11.8. The Balaban J connectivity index is 2.46. The van der Waals surface area contributed by atoms with Gasteiger partial charge in [-0.05, 0) is 6.42 Å². The van der Waals surface area contributed by atoms with Crippen LogP contribution in [0.4, 0.5) is 13.2 Å². The van der Waals surface area contributed by atoms with Gasteiger partial charge in [-0.3, -0.25) is 0 Å². The number of hydrogen-bond donors (Lipinski definition) is 1. The van der Waals surface area contributed by atoms with E-state index in [1.165, 1.54) is 0 Å². The average molecular weight is 170 g/mol. The summed E-state index contributed by atoms with van der Waals surface area (Å²) in [4.78, 5) is 0. The molecule has 1 heterocycles. The Morgan fingerprint density at radius 2 is 2.09 bits per heavy atom. The molecule has 1 aliphatic heterocycles. The zero-order chi connectivity index (χ0) is 8.48. The summed E-state index contributed by atoms with van der Waals surface area (Å²) in [5, 5.41) is 8.68. The molecule has 0 aliphatic carbocycles. The fourth-order valence-electron chi connectivity index (χ4n) is 1.07. The van der Waals surface area contributed by atoms with E-state index in [0.717, 1.165) is 0 Å². The van der Waals surface area contributed by atoms with Gasteiger partial charge in [0.05, 0.1) is 6.61 Å². The van der Waals surface area contributed by atoms with Crippen molar-refractivity contribution in [2.24, 2.45) is 5.92 Å². The molecule has 0 aromatic rings. The normalized spacial score (nSPS) is 28.9. The van der Waals surface area contributed by atoms with E-state index in [4.69, 9.17) is 9.84 Å². The maximum absolute atomic E-state index is 11.8. The monoisotopic (exact) mass is 170 g/mol. The molecule has 1 fully saturated rings. The molecular formula is C6H9F3O2. The van der Waals surface area contributed by atoms with Crippen molar-refractivity contribution in [2.75, 3.05) is 13.2 Å². The molecule has 1 N–H and O–H groups in total. The van der Waals surface area contributed by atoms with Crippen LogP contribution in [0, 0.1) is 5.92 Å². The topological polar surface area (TPSA) is 29.5 Å². The standard InChI is InChI=1S/C6H9F3O2/c7-6(8,9)5(10)4-1-2-11-3-4/h4-5,10H,1-3H2/t4-,5-/m0/s1. The van der Waals surface area contributed by atoms with E-state index in [1.54, 1.807) is 0 Å². The van der Waals surface area contributed by atoms with E-state index < -0.39 is 18.2 Å². The molecule has 0 saturated carbocycles. The maximum Gasteiger partial charge on any atom is 0.414 e. The highest BCUT2D eigenvalue weighted by molar-refractivity contribution is 4.77. The number of ether oxygens (including phenoxy) is 1. The minimum absolute atomic E-state index is 0.0146. The van der Waals surface area contributed by atoms with Crippen LogP contribution in [-0.2, 0) is 4.74 Å². The van der Waals surface area contributed by atoms with Crippen LogP contribution >= 0.6 is 0 Å². The first-order valence-electron chi connectivity index (χ1n) is 3.34. The lowest BCUT2D eigenvalue weighted by Gasteiger charge is -2.18. The number of halogens is 3. The van der Waals surface area contributed by atoms with Crippen LogP contribution in [0.3, 0.4) is 0 Å². The second kappa shape index (κ2) is 2.98. The fraction of sp³-hybridized carbons (Fsp3) is 1.00. The fourth-order valence-corrected chi connectivity index (χ4v) is 1.07. The average Bonchev–Trinajstić information content (AvgIpc) is 2.34. The third-order valence-electron chi connectivity index (χ3n) is 1.75. The molecule has 0 bridgehead atoms. The molecule has 66 valence electrons. The summed E-state index contributed by atoms with van der Waals surface area (Å²) in [6.45, 7) is 0.332. The molecule has 2 atom stereocenters. The van der Waals surface area contributed by atoms with Crippen LogP contribution in [0.5, 0.6) is 0 Å². The Labute approximate surface area is 62.0 Å². The summed E-state index contributed by atoms with van der Waals surface area (Å²) in [5.41, 5.74) is 0. The Hall–Kier alpha value is -0.290. The summed E-state index contributed by atoms with van der Waals surface area (Å²) in [7, 11) is 0. The molecule has 2 nitrogen and oxygen atoms in total. The molecule has 0 aromatic carbocycles. The predicted octanol–water partition coefficient (Wildman–Crippen LogP) is 0.946. The number of alkyl halides is 3. The molecule has 0 spiro atoms. The van der Waals surface area contributed by atoms with Gasteiger partial charge in [0.15, 0.2) is 6.10 Å². The van der Waals surface area contributed by atoms with Gasteiger partial charge in [0.2, 0.25) is 0 Å². The van der Waals surface area contributed by atoms with Crippen LogP contribution in [0.1, 0.15) is 6.42 Å². The highest BCUT2D eigenvalue weighted by atomic mass is 19.4. The molecule has 11 heavy (non-hydrogen) atoms. The summed E-state index contributed by atoms with van der Waals surface area (Å²) < 4.78 is 40.1. The van der Waals surface area contributed by atoms with Crippen molar-refractivity contribution in [2.45, 2.75) is 18.7 Å². The SMILES string of the molecule is O[C@@H]([C@H]1CCOC1)C(F)(F)F. The summed E-state index contributed by atoms with van der Waals surface area (Å²) in [6, 6.07) is 0.